The third-order valence-electron chi connectivity index (χ3n) is 3.74. The van der Waals surface area contributed by atoms with Crippen LogP contribution in [-0.4, -0.2) is 5.78 Å². The van der Waals surface area contributed by atoms with E-state index in [2.05, 4.69) is 26.0 Å². The number of rotatable bonds is 0. The van der Waals surface area contributed by atoms with Gasteiger partial charge in [-0.1, -0.05) is 26.0 Å². The Morgan fingerprint density at radius 1 is 1.31 bits per heavy atom. The first kappa shape index (κ1) is 8.98. The van der Waals surface area contributed by atoms with Crippen LogP contribution >= 0.6 is 0 Å². The molecule has 0 unspecified atom stereocenters. The fourth-order valence-electron chi connectivity index (χ4n) is 2.89. The fraction of sp³-hybridized carbons (Fsp3) is 0.750. The molecule has 13 heavy (non-hydrogen) atoms. The van der Waals surface area contributed by atoms with Crippen molar-refractivity contribution in [2.75, 3.05) is 0 Å². The maximum Gasteiger partial charge on any atom is 0.139 e. The summed E-state index contributed by atoms with van der Waals surface area (Å²) in [5.41, 5.74) is 0. The molecule has 0 aromatic carbocycles. The number of hydrogen-bond donors (Lipinski definition) is 0. The molecule has 0 heterocycles. The van der Waals surface area contributed by atoms with E-state index in [1.165, 1.54) is 6.42 Å². The van der Waals surface area contributed by atoms with Crippen molar-refractivity contribution in [1.29, 1.82) is 0 Å². The first-order chi connectivity index (χ1) is 6.20. The maximum atomic E-state index is 11.9. The Hall–Kier alpha value is -0.590. The Morgan fingerprint density at radius 3 is 2.85 bits per heavy atom. The van der Waals surface area contributed by atoms with Gasteiger partial charge in [0.25, 0.3) is 0 Å². The second-order valence-corrected chi connectivity index (χ2v) is 4.69. The molecule has 2 rings (SSSR count). The maximum absolute atomic E-state index is 11.9. The Balaban J connectivity index is 2.21. The van der Waals surface area contributed by atoms with Crippen molar-refractivity contribution in [3.63, 3.8) is 0 Å². The summed E-state index contributed by atoms with van der Waals surface area (Å²) in [5, 5.41) is 0. The third-order valence-corrected chi connectivity index (χ3v) is 3.74. The lowest BCUT2D eigenvalue weighted by Crippen LogP contribution is -2.38. The highest BCUT2D eigenvalue weighted by atomic mass is 16.1. The van der Waals surface area contributed by atoms with E-state index in [9.17, 15) is 4.79 Å². The molecule has 0 aliphatic heterocycles. The normalized spacial score (nSPS) is 44.6. The number of allylic oxidation sites excluding steroid dienone is 2. The van der Waals surface area contributed by atoms with Crippen LogP contribution in [0.4, 0.5) is 0 Å². The smallest absolute Gasteiger partial charge is 0.139 e. The molecule has 0 radical (unpaired) electrons. The second-order valence-electron chi connectivity index (χ2n) is 4.69. The summed E-state index contributed by atoms with van der Waals surface area (Å²) in [5.74, 6) is 2.31. The largest absolute Gasteiger partial charge is 0.299 e. The number of carbonyl (C=O) groups excluding carboxylic acids is 1. The highest BCUT2D eigenvalue weighted by Gasteiger charge is 2.39. The predicted molar refractivity (Wildman–Crippen MR) is 53.3 cm³/mol. The molecular weight excluding hydrogens is 160 g/mol. The Bertz CT molecular complexity index is 242. The lowest BCUT2D eigenvalue weighted by atomic mass is 9.65. The highest BCUT2D eigenvalue weighted by molar-refractivity contribution is 5.84. The SMILES string of the molecule is C[C@@H]1CC[C@@H]2CC=C[C@H](C)[C@@H]2C1=O. The van der Waals surface area contributed by atoms with E-state index >= 15 is 0 Å². The molecule has 1 saturated carbocycles. The van der Waals surface area contributed by atoms with Crippen molar-refractivity contribution < 1.29 is 4.79 Å². The zero-order chi connectivity index (χ0) is 9.42. The van der Waals surface area contributed by atoms with E-state index in [0.717, 1.165) is 12.8 Å². The molecule has 1 fully saturated rings. The van der Waals surface area contributed by atoms with Gasteiger partial charge in [-0.3, -0.25) is 4.79 Å². The predicted octanol–water partition coefficient (Wildman–Crippen LogP) is 2.81. The molecule has 0 bridgehead atoms. The topological polar surface area (TPSA) is 17.1 Å². The van der Waals surface area contributed by atoms with Crippen LogP contribution in [-0.2, 0) is 4.79 Å². The molecule has 1 nitrogen and oxygen atoms in total. The van der Waals surface area contributed by atoms with Crippen LogP contribution < -0.4 is 0 Å². The molecule has 0 aromatic rings. The zero-order valence-electron chi connectivity index (χ0n) is 8.49. The zero-order valence-corrected chi connectivity index (χ0v) is 8.49. The van der Waals surface area contributed by atoms with E-state index in [1.54, 1.807) is 0 Å². The lowest BCUT2D eigenvalue weighted by Gasteiger charge is -2.38. The van der Waals surface area contributed by atoms with Gasteiger partial charge in [0.05, 0.1) is 0 Å². The number of ketones is 1. The molecular formula is C12H18O. The quantitative estimate of drug-likeness (QED) is 0.521. The van der Waals surface area contributed by atoms with Crippen molar-refractivity contribution in [2.24, 2.45) is 23.7 Å². The first-order valence-corrected chi connectivity index (χ1v) is 5.40. The minimum absolute atomic E-state index is 0.315. The number of carbonyl (C=O) groups is 1. The minimum atomic E-state index is 0.315. The molecule has 0 saturated heterocycles. The number of hydrogen-bond acceptors (Lipinski definition) is 1. The van der Waals surface area contributed by atoms with E-state index < -0.39 is 0 Å². The van der Waals surface area contributed by atoms with Gasteiger partial charge in [0.1, 0.15) is 5.78 Å². The van der Waals surface area contributed by atoms with Crippen LogP contribution in [0, 0.1) is 23.7 Å². The summed E-state index contributed by atoms with van der Waals surface area (Å²) in [4.78, 5) is 11.9. The van der Waals surface area contributed by atoms with Gasteiger partial charge in [-0.05, 0) is 31.1 Å². The Kier molecular flexibility index (Phi) is 2.27. The van der Waals surface area contributed by atoms with Gasteiger partial charge < -0.3 is 0 Å². The number of fused-ring (bicyclic) bond motifs is 1. The fourth-order valence-corrected chi connectivity index (χ4v) is 2.89. The molecule has 0 aromatic heterocycles. The molecule has 0 spiro atoms. The molecule has 0 N–H and O–H groups in total. The van der Waals surface area contributed by atoms with Crippen molar-refractivity contribution >= 4 is 5.78 Å². The molecule has 72 valence electrons. The summed E-state index contributed by atoms with van der Waals surface area (Å²) >= 11 is 0. The Labute approximate surface area is 80.2 Å². The second kappa shape index (κ2) is 3.28. The van der Waals surface area contributed by atoms with Crippen LogP contribution in [0.15, 0.2) is 12.2 Å². The average molecular weight is 178 g/mol. The minimum Gasteiger partial charge on any atom is -0.299 e. The van der Waals surface area contributed by atoms with Gasteiger partial charge in [-0.2, -0.15) is 0 Å². The van der Waals surface area contributed by atoms with Crippen LogP contribution in [0.3, 0.4) is 0 Å². The summed E-state index contributed by atoms with van der Waals surface area (Å²) in [6.07, 6.45) is 7.98. The molecule has 4 atom stereocenters. The molecule has 2 aliphatic rings. The highest BCUT2D eigenvalue weighted by Crippen LogP contribution is 2.40. The van der Waals surface area contributed by atoms with Gasteiger partial charge >= 0.3 is 0 Å². The summed E-state index contributed by atoms with van der Waals surface area (Å²) < 4.78 is 0. The van der Waals surface area contributed by atoms with Crippen LogP contribution in [0.25, 0.3) is 0 Å². The van der Waals surface area contributed by atoms with Crippen molar-refractivity contribution in [2.45, 2.75) is 33.1 Å². The lowest BCUT2D eigenvalue weighted by molar-refractivity contribution is -0.132. The number of Topliss-reactive ketones (excluding diaryl/α,β-unsaturated/α-hetero) is 1. The first-order valence-electron chi connectivity index (χ1n) is 5.40. The van der Waals surface area contributed by atoms with Crippen LogP contribution in [0.5, 0.6) is 0 Å². The molecule has 0 amide bonds. The van der Waals surface area contributed by atoms with Gasteiger partial charge in [0, 0.05) is 11.8 Å². The van der Waals surface area contributed by atoms with Gasteiger partial charge in [-0.15, -0.1) is 0 Å². The van der Waals surface area contributed by atoms with E-state index in [4.69, 9.17) is 0 Å². The monoisotopic (exact) mass is 178 g/mol. The van der Waals surface area contributed by atoms with Crippen molar-refractivity contribution in [3.8, 4) is 0 Å². The summed E-state index contributed by atoms with van der Waals surface area (Å²) in [7, 11) is 0. The van der Waals surface area contributed by atoms with E-state index in [1.807, 2.05) is 0 Å². The van der Waals surface area contributed by atoms with E-state index in [-0.39, 0.29) is 0 Å². The van der Waals surface area contributed by atoms with Crippen LogP contribution in [0.1, 0.15) is 33.1 Å². The van der Waals surface area contributed by atoms with E-state index in [0.29, 0.717) is 29.5 Å². The molecule has 1 heteroatoms. The standard InChI is InChI=1S/C12H18O/c1-8-4-3-5-10-7-6-9(2)12(13)11(8)10/h3-4,8-11H,5-7H2,1-2H3/t8-,9+,10-,11-/m0/s1. The van der Waals surface area contributed by atoms with Gasteiger partial charge in [0.2, 0.25) is 0 Å². The molecule has 2 aliphatic carbocycles. The summed E-state index contributed by atoms with van der Waals surface area (Å²) in [6.45, 7) is 4.27. The van der Waals surface area contributed by atoms with Gasteiger partial charge in [0.15, 0.2) is 0 Å². The van der Waals surface area contributed by atoms with Crippen LogP contribution in [0.2, 0.25) is 0 Å². The third kappa shape index (κ3) is 1.45. The summed E-state index contributed by atoms with van der Waals surface area (Å²) in [6, 6.07) is 0. The average Bonchev–Trinajstić information content (AvgIpc) is 2.12. The van der Waals surface area contributed by atoms with Crippen molar-refractivity contribution in [1.82, 2.24) is 0 Å². The Morgan fingerprint density at radius 2 is 2.08 bits per heavy atom. The van der Waals surface area contributed by atoms with Gasteiger partial charge in [-0.25, -0.2) is 0 Å². The van der Waals surface area contributed by atoms with Crippen molar-refractivity contribution in [3.05, 3.63) is 12.2 Å².